The van der Waals surface area contributed by atoms with Crippen LogP contribution in [0.2, 0.25) is 0 Å². The van der Waals surface area contributed by atoms with Crippen molar-refractivity contribution in [1.82, 2.24) is 4.98 Å². The number of benzene rings is 1. The first kappa shape index (κ1) is 16.8. The van der Waals surface area contributed by atoms with Crippen LogP contribution in [0, 0.1) is 0 Å². The first-order valence-corrected chi connectivity index (χ1v) is 8.67. The molecule has 0 aliphatic heterocycles. The largest absolute Gasteiger partial charge is 0.302 e. The van der Waals surface area contributed by atoms with Gasteiger partial charge in [0.25, 0.3) is 0 Å². The number of aromatic nitrogens is 1. The summed E-state index contributed by atoms with van der Waals surface area (Å²) < 4.78 is 0.923. The zero-order valence-electron chi connectivity index (χ0n) is 12.4. The molecule has 4 nitrogen and oxygen atoms in total. The second kappa shape index (κ2) is 7.65. The average molecular weight is 381 g/mol. The summed E-state index contributed by atoms with van der Waals surface area (Å²) in [5, 5.41) is 5.27. The van der Waals surface area contributed by atoms with E-state index in [1.165, 1.54) is 11.3 Å². The molecule has 1 amide bonds. The molecule has 2 aromatic rings. The molecule has 0 unspecified atom stereocenters. The summed E-state index contributed by atoms with van der Waals surface area (Å²) in [5.74, 6) is 0.112. The maximum atomic E-state index is 12.0. The predicted molar refractivity (Wildman–Crippen MR) is 92.5 cm³/mol. The molecule has 1 N–H and O–H groups in total. The number of anilines is 1. The summed E-state index contributed by atoms with van der Waals surface area (Å²) in [6, 6.07) is 7.13. The molecular weight excluding hydrogens is 364 g/mol. The van der Waals surface area contributed by atoms with Crippen molar-refractivity contribution in [2.75, 3.05) is 5.32 Å². The van der Waals surface area contributed by atoms with Crippen LogP contribution in [0.3, 0.4) is 0 Å². The van der Waals surface area contributed by atoms with Gasteiger partial charge < -0.3 is 5.32 Å². The molecule has 0 aliphatic rings. The van der Waals surface area contributed by atoms with Gasteiger partial charge >= 0.3 is 0 Å². The zero-order valence-corrected chi connectivity index (χ0v) is 14.8. The first-order valence-electron chi connectivity index (χ1n) is 6.99. The number of amides is 1. The van der Waals surface area contributed by atoms with E-state index in [1.54, 1.807) is 12.1 Å². The molecular formula is C16H17BrN2O2S. The lowest BCUT2D eigenvalue weighted by atomic mass is 10.1. The number of hydrogen-bond donors (Lipinski definition) is 1. The van der Waals surface area contributed by atoms with Gasteiger partial charge in [-0.15, -0.1) is 11.3 Å². The number of hydrogen-bond acceptors (Lipinski definition) is 4. The zero-order chi connectivity index (χ0) is 16.1. The molecule has 0 fully saturated rings. The molecule has 0 radical (unpaired) electrons. The van der Waals surface area contributed by atoms with Crippen molar-refractivity contribution < 1.29 is 9.59 Å². The number of nitrogens with zero attached hydrogens (tertiary/aromatic N) is 1. The summed E-state index contributed by atoms with van der Waals surface area (Å²) in [6.45, 7) is 4.11. The van der Waals surface area contributed by atoms with Crippen LogP contribution in [0.1, 0.15) is 48.7 Å². The second-order valence-corrected chi connectivity index (χ2v) is 6.98. The van der Waals surface area contributed by atoms with Gasteiger partial charge in [-0.05, 0) is 18.1 Å². The van der Waals surface area contributed by atoms with Gasteiger partial charge in [0.1, 0.15) is 0 Å². The molecule has 0 spiro atoms. The molecule has 1 aromatic heterocycles. The van der Waals surface area contributed by atoms with E-state index in [0.717, 1.165) is 10.2 Å². The highest BCUT2D eigenvalue weighted by atomic mass is 79.9. The van der Waals surface area contributed by atoms with Crippen molar-refractivity contribution in [3.8, 4) is 0 Å². The molecule has 6 heteroatoms. The highest BCUT2D eigenvalue weighted by Gasteiger charge is 2.12. The Morgan fingerprint density at radius 2 is 1.91 bits per heavy atom. The third-order valence-electron chi connectivity index (χ3n) is 3.11. The highest BCUT2D eigenvalue weighted by molar-refractivity contribution is 9.10. The van der Waals surface area contributed by atoms with E-state index in [9.17, 15) is 9.59 Å². The quantitative estimate of drug-likeness (QED) is 0.743. The lowest BCUT2D eigenvalue weighted by Crippen LogP contribution is -2.13. The van der Waals surface area contributed by atoms with Crippen LogP contribution in [0.25, 0.3) is 0 Å². The van der Waals surface area contributed by atoms with Crippen molar-refractivity contribution in [3.63, 3.8) is 0 Å². The van der Waals surface area contributed by atoms with Crippen molar-refractivity contribution in [2.24, 2.45) is 0 Å². The van der Waals surface area contributed by atoms with E-state index in [2.05, 4.69) is 40.1 Å². The second-order valence-electron chi connectivity index (χ2n) is 5.21. The third kappa shape index (κ3) is 4.74. The number of rotatable bonds is 6. The van der Waals surface area contributed by atoms with Gasteiger partial charge in [-0.1, -0.05) is 41.9 Å². The minimum atomic E-state index is -0.185. The van der Waals surface area contributed by atoms with Crippen LogP contribution in [-0.2, 0) is 4.79 Å². The van der Waals surface area contributed by atoms with Gasteiger partial charge in [0, 0.05) is 28.3 Å². The standard InChI is InChI=1S/C16H17BrN2O2S/c1-10(2)13-9-22-16(18-13)19-15(21)8-7-14(20)11-3-5-12(17)6-4-11/h3-6,9-10H,7-8H2,1-2H3,(H,18,19,21). The van der Waals surface area contributed by atoms with Crippen LogP contribution in [0.15, 0.2) is 34.1 Å². The average Bonchev–Trinajstić information content (AvgIpc) is 2.94. The Morgan fingerprint density at radius 3 is 2.50 bits per heavy atom. The number of carbonyl (C=O) groups excluding carboxylic acids is 2. The minimum Gasteiger partial charge on any atom is -0.302 e. The summed E-state index contributed by atoms with van der Waals surface area (Å²) in [7, 11) is 0. The van der Waals surface area contributed by atoms with Crippen LogP contribution >= 0.6 is 27.3 Å². The smallest absolute Gasteiger partial charge is 0.226 e. The maximum absolute atomic E-state index is 12.0. The van der Waals surface area contributed by atoms with Gasteiger partial charge in [-0.2, -0.15) is 0 Å². The van der Waals surface area contributed by atoms with E-state index in [1.807, 2.05) is 17.5 Å². The maximum Gasteiger partial charge on any atom is 0.226 e. The molecule has 22 heavy (non-hydrogen) atoms. The fourth-order valence-electron chi connectivity index (χ4n) is 1.80. The van der Waals surface area contributed by atoms with Gasteiger partial charge in [-0.25, -0.2) is 4.98 Å². The van der Waals surface area contributed by atoms with Gasteiger partial charge in [0.2, 0.25) is 5.91 Å². The molecule has 0 saturated carbocycles. The van der Waals surface area contributed by atoms with Crippen LogP contribution < -0.4 is 5.32 Å². The lowest BCUT2D eigenvalue weighted by molar-refractivity contribution is -0.116. The van der Waals surface area contributed by atoms with E-state index >= 15 is 0 Å². The number of halogens is 1. The van der Waals surface area contributed by atoms with Gasteiger partial charge in [0.05, 0.1) is 5.69 Å². The van der Waals surface area contributed by atoms with Gasteiger partial charge in [0.15, 0.2) is 10.9 Å². The van der Waals surface area contributed by atoms with Crippen LogP contribution in [0.5, 0.6) is 0 Å². The van der Waals surface area contributed by atoms with E-state index in [4.69, 9.17) is 0 Å². The number of carbonyl (C=O) groups is 2. The van der Waals surface area contributed by atoms with Crippen LogP contribution in [-0.4, -0.2) is 16.7 Å². The Labute approximate surface area is 142 Å². The Balaban J connectivity index is 1.84. The number of ketones is 1. The lowest BCUT2D eigenvalue weighted by Gasteiger charge is -2.03. The third-order valence-corrected chi connectivity index (χ3v) is 4.41. The minimum absolute atomic E-state index is 0.0374. The Kier molecular flexibility index (Phi) is 5.85. The topological polar surface area (TPSA) is 59.1 Å². The molecule has 0 saturated heterocycles. The summed E-state index contributed by atoms with van der Waals surface area (Å²) in [6.07, 6.45) is 0.349. The SMILES string of the molecule is CC(C)c1csc(NC(=O)CCC(=O)c2ccc(Br)cc2)n1. The fourth-order valence-corrected chi connectivity index (χ4v) is 2.95. The molecule has 0 bridgehead atoms. The molecule has 0 atom stereocenters. The number of nitrogens with one attached hydrogen (secondary N) is 1. The molecule has 0 aliphatic carbocycles. The molecule has 2 rings (SSSR count). The summed E-state index contributed by atoms with van der Waals surface area (Å²) in [5.41, 5.74) is 1.58. The Hall–Kier alpha value is -1.53. The molecule has 1 aromatic carbocycles. The number of thiazole rings is 1. The van der Waals surface area contributed by atoms with Crippen LogP contribution in [0.4, 0.5) is 5.13 Å². The van der Waals surface area contributed by atoms with Gasteiger partial charge in [-0.3, -0.25) is 9.59 Å². The van der Waals surface area contributed by atoms with Crippen molar-refractivity contribution in [1.29, 1.82) is 0 Å². The molecule has 116 valence electrons. The van der Waals surface area contributed by atoms with Crippen molar-refractivity contribution in [2.45, 2.75) is 32.6 Å². The van der Waals surface area contributed by atoms with E-state index in [0.29, 0.717) is 16.6 Å². The van der Waals surface area contributed by atoms with Crippen molar-refractivity contribution in [3.05, 3.63) is 45.4 Å². The molecule has 1 heterocycles. The fraction of sp³-hybridized carbons (Fsp3) is 0.312. The highest BCUT2D eigenvalue weighted by Crippen LogP contribution is 2.21. The van der Waals surface area contributed by atoms with E-state index in [-0.39, 0.29) is 24.5 Å². The van der Waals surface area contributed by atoms with E-state index < -0.39 is 0 Å². The monoisotopic (exact) mass is 380 g/mol. The normalized spacial score (nSPS) is 10.7. The van der Waals surface area contributed by atoms with Crippen molar-refractivity contribution >= 4 is 44.1 Å². The predicted octanol–water partition coefficient (Wildman–Crippen LogP) is 4.63. The number of Topliss-reactive ketones (excluding diaryl/α,β-unsaturated/α-hetero) is 1. The summed E-state index contributed by atoms with van der Waals surface area (Å²) in [4.78, 5) is 28.2. The Bertz CT molecular complexity index is 665. The Morgan fingerprint density at radius 1 is 1.23 bits per heavy atom. The first-order chi connectivity index (χ1) is 10.5. The summed E-state index contributed by atoms with van der Waals surface area (Å²) >= 11 is 4.73.